The van der Waals surface area contributed by atoms with Crippen LogP contribution in [-0.4, -0.2) is 60.4 Å². The van der Waals surface area contributed by atoms with Crippen LogP contribution in [0.2, 0.25) is 0 Å². The zero-order valence-electron chi connectivity index (χ0n) is 12.6. The first kappa shape index (κ1) is 15.2. The Kier molecular flexibility index (Phi) is 4.87. The number of carbonyl (C=O) groups is 1. The van der Waals surface area contributed by atoms with E-state index in [-0.39, 0.29) is 5.91 Å². The summed E-state index contributed by atoms with van der Waals surface area (Å²) in [5.74, 6) is -0.135. The van der Waals surface area contributed by atoms with Gasteiger partial charge >= 0.3 is 0 Å². The van der Waals surface area contributed by atoms with Crippen LogP contribution in [0.1, 0.15) is 15.4 Å². The number of thiophene rings is 1. The highest BCUT2D eigenvalue weighted by atomic mass is 32.1. The standard InChI is InChI=1S/C15H20N4O2S/c1-11-2-3-14(22-11)12-10-13(18-17-12)15(20)16-4-5-19-6-8-21-9-7-19/h2-3,10H,4-9H2,1H3,(H,16,20)(H,17,18). The van der Waals surface area contributed by atoms with Crippen LogP contribution in [0.15, 0.2) is 18.2 Å². The number of aromatic amines is 1. The van der Waals surface area contributed by atoms with Crippen LogP contribution < -0.4 is 5.32 Å². The Balaban J connectivity index is 1.51. The maximum atomic E-state index is 12.1. The third kappa shape index (κ3) is 3.73. The molecule has 0 aliphatic carbocycles. The van der Waals surface area contributed by atoms with Gasteiger partial charge in [-0.3, -0.25) is 14.8 Å². The summed E-state index contributed by atoms with van der Waals surface area (Å²) in [7, 11) is 0. The Morgan fingerprint density at radius 1 is 1.45 bits per heavy atom. The molecule has 0 radical (unpaired) electrons. The molecule has 0 aromatic carbocycles. The lowest BCUT2D eigenvalue weighted by Crippen LogP contribution is -2.41. The van der Waals surface area contributed by atoms with Crippen LogP contribution in [0.4, 0.5) is 0 Å². The Morgan fingerprint density at radius 3 is 3.00 bits per heavy atom. The van der Waals surface area contributed by atoms with Gasteiger partial charge < -0.3 is 10.1 Å². The number of morpholine rings is 1. The van der Waals surface area contributed by atoms with E-state index >= 15 is 0 Å². The van der Waals surface area contributed by atoms with Crippen molar-refractivity contribution in [3.05, 3.63) is 28.8 Å². The van der Waals surface area contributed by atoms with Gasteiger partial charge in [0.05, 0.1) is 23.8 Å². The molecule has 3 rings (SSSR count). The summed E-state index contributed by atoms with van der Waals surface area (Å²) in [4.78, 5) is 16.7. The molecule has 2 N–H and O–H groups in total. The van der Waals surface area contributed by atoms with Crippen LogP contribution >= 0.6 is 11.3 Å². The van der Waals surface area contributed by atoms with Crippen molar-refractivity contribution in [2.75, 3.05) is 39.4 Å². The number of carbonyl (C=O) groups excluding carboxylic acids is 1. The summed E-state index contributed by atoms with van der Waals surface area (Å²) >= 11 is 1.68. The van der Waals surface area contributed by atoms with Gasteiger partial charge in [-0.25, -0.2) is 0 Å². The van der Waals surface area contributed by atoms with E-state index in [1.165, 1.54) is 4.88 Å². The Morgan fingerprint density at radius 2 is 2.27 bits per heavy atom. The lowest BCUT2D eigenvalue weighted by molar-refractivity contribution is 0.0383. The topological polar surface area (TPSA) is 70.2 Å². The summed E-state index contributed by atoms with van der Waals surface area (Å²) in [6.07, 6.45) is 0. The summed E-state index contributed by atoms with van der Waals surface area (Å²) < 4.78 is 5.30. The fourth-order valence-electron chi connectivity index (χ4n) is 2.39. The van der Waals surface area contributed by atoms with E-state index in [0.29, 0.717) is 12.2 Å². The average Bonchev–Trinajstić information content (AvgIpc) is 3.17. The predicted octanol–water partition coefficient (Wildman–Crippen LogP) is 1.51. The second-order valence-corrected chi connectivity index (χ2v) is 6.57. The lowest BCUT2D eigenvalue weighted by atomic mass is 10.3. The van der Waals surface area contributed by atoms with Crippen molar-refractivity contribution in [3.8, 4) is 10.6 Å². The van der Waals surface area contributed by atoms with Crippen molar-refractivity contribution in [1.29, 1.82) is 0 Å². The number of aromatic nitrogens is 2. The van der Waals surface area contributed by atoms with Crippen LogP contribution in [0.25, 0.3) is 10.6 Å². The van der Waals surface area contributed by atoms with E-state index in [2.05, 4.69) is 33.4 Å². The monoisotopic (exact) mass is 320 g/mol. The van der Waals surface area contributed by atoms with Gasteiger partial charge in [-0.1, -0.05) is 0 Å². The van der Waals surface area contributed by atoms with E-state index in [1.807, 2.05) is 6.07 Å². The molecule has 1 aliphatic rings. The zero-order chi connectivity index (χ0) is 15.4. The molecule has 7 heteroatoms. The van der Waals surface area contributed by atoms with Gasteiger partial charge in [0.1, 0.15) is 0 Å². The molecule has 3 heterocycles. The molecular formula is C15H20N4O2S. The molecule has 1 aliphatic heterocycles. The smallest absolute Gasteiger partial charge is 0.271 e. The van der Waals surface area contributed by atoms with Gasteiger partial charge in [0.15, 0.2) is 5.69 Å². The number of hydrogen-bond acceptors (Lipinski definition) is 5. The van der Waals surface area contributed by atoms with Crippen molar-refractivity contribution in [3.63, 3.8) is 0 Å². The Labute approximate surface area is 133 Å². The van der Waals surface area contributed by atoms with Gasteiger partial charge in [-0.05, 0) is 25.1 Å². The fraction of sp³-hybridized carbons (Fsp3) is 0.467. The normalized spacial score (nSPS) is 15.9. The summed E-state index contributed by atoms with van der Waals surface area (Å²) in [6.45, 7) is 6.94. The number of nitrogens with zero attached hydrogens (tertiary/aromatic N) is 2. The molecule has 0 bridgehead atoms. The number of aryl methyl sites for hydroxylation is 1. The minimum atomic E-state index is -0.135. The van der Waals surface area contributed by atoms with Crippen LogP contribution in [-0.2, 0) is 4.74 Å². The van der Waals surface area contributed by atoms with Gasteiger partial charge in [-0.2, -0.15) is 5.10 Å². The number of rotatable bonds is 5. The van der Waals surface area contributed by atoms with E-state index in [4.69, 9.17) is 4.74 Å². The zero-order valence-corrected chi connectivity index (χ0v) is 13.4. The minimum Gasteiger partial charge on any atom is -0.379 e. The quantitative estimate of drug-likeness (QED) is 0.876. The second kappa shape index (κ2) is 7.04. The first-order valence-corrected chi connectivity index (χ1v) is 8.24. The summed E-state index contributed by atoms with van der Waals surface area (Å²) in [5.41, 5.74) is 1.32. The third-order valence-corrected chi connectivity index (χ3v) is 4.67. The highest BCUT2D eigenvalue weighted by Gasteiger charge is 2.13. The largest absolute Gasteiger partial charge is 0.379 e. The molecule has 22 heavy (non-hydrogen) atoms. The molecule has 2 aromatic rings. The highest BCUT2D eigenvalue weighted by Crippen LogP contribution is 2.26. The van der Waals surface area contributed by atoms with Crippen LogP contribution in [0.3, 0.4) is 0 Å². The maximum absolute atomic E-state index is 12.1. The Bertz CT molecular complexity index is 631. The third-order valence-electron chi connectivity index (χ3n) is 3.63. The van der Waals surface area contributed by atoms with Crippen molar-refractivity contribution < 1.29 is 9.53 Å². The van der Waals surface area contributed by atoms with E-state index < -0.39 is 0 Å². The molecule has 1 fully saturated rings. The molecule has 1 saturated heterocycles. The van der Waals surface area contributed by atoms with Gasteiger partial charge in [-0.15, -0.1) is 11.3 Å². The van der Waals surface area contributed by atoms with Gasteiger partial charge in [0.25, 0.3) is 5.91 Å². The highest BCUT2D eigenvalue weighted by molar-refractivity contribution is 7.15. The summed E-state index contributed by atoms with van der Waals surface area (Å²) in [5, 5.41) is 9.95. The van der Waals surface area contributed by atoms with E-state index in [1.54, 1.807) is 17.4 Å². The second-order valence-electron chi connectivity index (χ2n) is 5.29. The van der Waals surface area contributed by atoms with Crippen molar-refractivity contribution >= 4 is 17.2 Å². The number of ether oxygens (including phenoxy) is 1. The van der Waals surface area contributed by atoms with Gasteiger partial charge in [0, 0.05) is 31.1 Å². The van der Waals surface area contributed by atoms with Crippen molar-refractivity contribution in [1.82, 2.24) is 20.4 Å². The fourth-order valence-corrected chi connectivity index (χ4v) is 3.22. The predicted molar refractivity (Wildman–Crippen MR) is 86.2 cm³/mol. The average molecular weight is 320 g/mol. The SMILES string of the molecule is Cc1ccc(-c2cc(C(=O)NCCN3CCOCC3)n[nH]2)s1. The number of nitrogens with one attached hydrogen (secondary N) is 2. The molecule has 0 spiro atoms. The summed E-state index contributed by atoms with van der Waals surface area (Å²) in [6, 6.07) is 5.89. The van der Waals surface area contributed by atoms with Crippen molar-refractivity contribution in [2.24, 2.45) is 0 Å². The molecule has 6 nitrogen and oxygen atoms in total. The molecule has 0 atom stereocenters. The van der Waals surface area contributed by atoms with E-state index in [9.17, 15) is 4.79 Å². The molecule has 0 unspecified atom stereocenters. The first-order chi connectivity index (χ1) is 10.7. The lowest BCUT2D eigenvalue weighted by Gasteiger charge is -2.26. The van der Waals surface area contributed by atoms with Crippen LogP contribution in [0.5, 0.6) is 0 Å². The van der Waals surface area contributed by atoms with Crippen molar-refractivity contribution in [2.45, 2.75) is 6.92 Å². The number of H-pyrrole nitrogens is 1. The molecule has 2 aromatic heterocycles. The first-order valence-electron chi connectivity index (χ1n) is 7.43. The number of hydrogen-bond donors (Lipinski definition) is 2. The number of amides is 1. The Hall–Kier alpha value is -1.70. The minimum absolute atomic E-state index is 0.135. The van der Waals surface area contributed by atoms with Crippen LogP contribution in [0, 0.1) is 6.92 Å². The molecule has 118 valence electrons. The maximum Gasteiger partial charge on any atom is 0.271 e. The van der Waals surface area contributed by atoms with E-state index in [0.717, 1.165) is 43.4 Å². The molecule has 0 saturated carbocycles. The van der Waals surface area contributed by atoms with Gasteiger partial charge in [0.2, 0.25) is 0 Å². The molecular weight excluding hydrogens is 300 g/mol. The molecule has 1 amide bonds.